The molecule has 0 saturated carbocycles. The van der Waals surface area contributed by atoms with E-state index in [9.17, 15) is 9.59 Å². The van der Waals surface area contributed by atoms with Crippen molar-refractivity contribution in [1.29, 1.82) is 0 Å². The number of hydrogen-bond donors (Lipinski definition) is 0. The Labute approximate surface area is 133 Å². The molecule has 0 N–H and O–H groups in total. The predicted molar refractivity (Wildman–Crippen MR) is 87.6 cm³/mol. The summed E-state index contributed by atoms with van der Waals surface area (Å²) in [5, 5.41) is 0. The molecule has 0 unspecified atom stereocenters. The second-order valence-corrected chi connectivity index (χ2v) is 5.55. The topological polar surface area (TPSA) is 46.6 Å². The molecule has 22 heavy (non-hydrogen) atoms. The Morgan fingerprint density at radius 2 is 1.77 bits per heavy atom. The molecule has 1 rings (SSSR count). The van der Waals surface area contributed by atoms with Gasteiger partial charge in [-0.25, -0.2) is 0 Å². The van der Waals surface area contributed by atoms with Gasteiger partial charge in [-0.15, -0.1) is 0 Å². The van der Waals surface area contributed by atoms with Crippen LogP contribution in [0.2, 0.25) is 0 Å². The third-order valence-corrected chi connectivity index (χ3v) is 3.64. The van der Waals surface area contributed by atoms with E-state index in [0.717, 1.165) is 19.3 Å². The molecule has 0 heterocycles. The first-order valence-electron chi connectivity index (χ1n) is 7.97. The van der Waals surface area contributed by atoms with Crippen LogP contribution in [0.5, 0.6) is 0 Å². The van der Waals surface area contributed by atoms with Crippen LogP contribution in [0.15, 0.2) is 24.3 Å². The average molecular weight is 305 g/mol. The second-order valence-electron chi connectivity index (χ2n) is 5.55. The van der Waals surface area contributed by atoms with Gasteiger partial charge in [-0.2, -0.15) is 0 Å². The van der Waals surface area contributed by atoms with Crippen molar-refractivity contribution in [1.82, 2.24) is 4.90 Å². The van der Waals surface area contributed by atoms with Gasteiger partial charge in [-0.1, -0.05) is 36.8 Å². The van der Waals surface area contributed by atoms with E-state index in [0.29, 0.717) is 19.5 Å². The number of amides is 1. The van der Waals surface area contributed by atoms with Crippen LogP contribution in [0.3, 0.4) is 0 Å². The Balaban J connectivity index is 2.38. The van der Waals surface area contributed by atoms with Crippen LogP contribution in [-0.4, -0.2) is 37.0 Å². The molecule has 0 atom stereocenters. The zero-order valence-corrected chi connectivity index (χ0v) is 13.9. The van der Waals surface area contributed by atoms with Crippen molar-refractivity contribution in [2.45, 2.75) is 46.0 Å². The van der Waals surface area contributed by atoms with Crippen molar-refractivity contribution in [3.63, 3.8) is 0 Å². The van der Waals surface area contributed by atoms with Gasteiger partial charge in [-0.05, 0) is 31.7 Å². The van der Waals surface area contributed by atoms with Gasteiger partial charge in [-0.3, -0.25) is 9.59 Å². The molecule has 0 radical (unpaired) electrons. The Kier molecular flexibility index (Phi) is 8.26. The molecule has 4 heteroatoms. The van der Waals surface area contributed by atoms with Gasteiger partial charge in [0.1, 0.15) is 0 Å². The molecule has 0 spiro atoms. The summed E-state index contributed by atoms with van der Waals surface area (Å²) in [4.78, 5) is 25.2. The van der Waals surface area contributed by atoms with Crippen molar-refractivity contribution in [3.05, 3.63) is 35.4 Å². The highest BCUT2D eigenvalue weighted by molar-refractivity contribution is 5.77. The molecule has 0 aliphatic rings. The maximum Gasteiger partial charge on any atom is 0.307 e. The lowest BCUT2D eigenvalue weighted by molar-refractivity contribution is -0.141. The van der Waals surface area contributed by atoms with E-state index in [1.54, 1.807) is 4.90 Å². The zero-order chi connectivity index (χ0) is 16.4. The fourth-order valence-corrected chi connectivity index (χ4v) is 2.32. The number of carbonyl (C=O) groups excluding carboxylic acids is 2. The van der Waals surface area contributed by atoms with Crippen LogP contribution in [0.1, 0.15) is 43.7 Å². The van der Waals surface area contributed by atoms with Gasteiger partial charge >= 0.3 is 5.97 Å². The lowest BCUT2D eigenvalue weighted by Gasteiger charge is -2.21. The van der Waals surface area contributed by atoms with Crippen LogP contribution in [0, 0.1) is 6.92 Å². The quantitative estimate of drug-likeness (QED) is 0.659. The first kappa shape index (κ1) is 18.2. The molecule has 1 aromatic carbocycles. The molecule has 122 valence electrons. The van der Waals surface area contributed by atoms with E-state index in [1.807, 2.05) is 6.92 Å². The summed E-state index contributed by atoms with van der Waals surface area (Å²) in [6.07, 6.45) is 3.42. The molecule has 0 fully saturated rings. The summed E-state index contributed by atoms with van der Waals surface area (Å²) in [6, 6.07) is 8.41. The normalized spacial score (nSPS) is 10.3. The molecule has 0 aromatic heterocycles. The number of esters is 1. The number of hydrogen-bond acceptors (Lipinski definition) is 3. The molecule has 0 saturated heterocycles. The zero-order valence-electron chi connectivity index (χ0n) is 13.9. The van der Waals surface area contributed by atoms with Crippen LogP contribution in [0.4, 0.5) is 0 Å². The van der Waals surface area contributed by atoms with Gasteiger partial charge in [0.15, 0.2) is 0 Å². The van der Waals surface area contributed by atoms with E-state index in [-0.39, 0.29) is 18.3 Å². The molecule has 1 amide bonds. The number of carbonyl (C=O) groups is 2. The largest absolute Gasteiger partial charge is 0.469 e. The van der Waals surface area contributed by atoms with Gasteiger partial charge in [0.2, 0.25) is 5.91 Å². The minimum absolute atomic E-state index is 0.123. The molecule has 0 bridgehead atoms. The predicted octanol–water partition coefficient (Wildman–Crippen LogP) is 3.12. The smallest absolute Gasteiger partial charge is 0.307 e. The number of methoxy groups -OCH3 is 1. The first-order valence-corrected chi connectivity index (χ1v) is 7.97. The van der Waals surface area contributed by atoms with Crippen molar-refractivity contribution < 1.29 is 14.3 Å². The summed E-state index contributed by atoms with van der Waals surface area (Å²) >= 11 is 0. The monoisotopic (exact) mass is 305 g/mol. The van der Waals surface area contributed by atoms with Gasteiger partial charge in [0.25, 0.3) is 0 Å². The van der Waals surface area contributed by atoms with Crippen molar-refractivity contribution in [2.75, 3.05) is 20.2 Å². The third-order valence-electron chi connectivity index (χ3n) is 3.64. The van der Waals surface area contributed by atoms with Gasteiger partial charge in [0, 0.05) is 19.5 Å². The Morgan fingerprint density at radius 3 is 2.36 bits per heavy atom. The summed E-state index contributed by atoms with van der Waals surface area (Å²) in [5.41, 5.74) is 2.51. The maximum atomic E-state index is 12.3. The fraction of sp³-hybridized carbons (Fsp3) is 0.556. The Hall–Kier alpha value is -1.84. The SMILES string of the molecule is CCCN(CCC(=O)OC)C(=O)CCCc1ccc(C)cc1. The molecule has 1 aromatic rings. The van der Waals surface area contributed by atoms with Crippen molar-refractivity contribution >= 4 is 11.9 Å². The summed E-state index contributed by atoms with van der Waals surface area (Å²) in [5.74, 6) is -0.147. The minimum atomic E-state index is -0.270. The average Bonchev–Trinajstić information content (AvgIpc) is 2.52. The summed E-state index contributed by atoms with van der Waals surface area (Å²) < 4.78 is 4.63. The molecule has 0 aliphatic carbocycles. The van der Waals surface area contributed by atoms with E-state index in [1.165, 1.54) is 18.2 Å². The number of benzene rings is 1. The minimum Gasteiger partial charge on any atom is -0.469 e. The van der Waals surface area contributed by atoms with Crippen LogP contribution >= 0.6 is 0 Å². The maximum absolute atomic E-state index is 12.3. The standard InChI is InChI=1S/C18H27NO3/c1-4-13-19(14-12-18(21)22-3)17(20)7-5-6-16-10-8-15(2)9-11-16/h8-11H,4-7,12-14H2,1-3H3. The van der Waals surface area contributed by atoms with Gasteiger partial charge < -0.3 is 9.64 Å². The molecular weight excluding hydrogens is 278 g/mol. The number of rotatable bonds is 9. The van der Waals surface area contributed by atoms with E-state index in [4.69, 9.17) is 0 Å². The van der Waals surface area contributed by atoms with Crippen LogP contribution in [-0.2, 0) is 20.7 Å². The van der Waals surface area contributed by atoms with E-state index < -0.39 is 0 Å². The Morgan fingerprint density at radius 1 is 1.09 bits per heavy atom. The van der Waals surface area contributed by atoms with E-state index in [2.05, 4.69) is 35.9 Å². The summed E-state index contributed by atoms with van der Waals surface area (Å²) in [6.45, 7) is 5.24. The number of aryl methyl sites for hydroxylation is 2. The van der Waals surface area contributed by atoms with Crippen molar-refractivity contribution in [3.8, 4) is 0 Å². The fourth-order valence-electron chi connectivity index (χ4n) is 2.32. The second kappa shape index (κ2) is 9.98. The van der Waals surface area contributed by atoms with E-state index >= 15 is 0 Å². The molecular formula is C18H27NO3. The highest BCUT2D eigenvalue weighted by Crippen LogP contribution is 2.09. The summed E-state index contributed by atoms with van der Waals surface area (Å²) in [7, 11) is 1.37. The Bertz CT molecular complexity index is 468. The highest BCUT2D eigenvalue weighted by atomic mass is 16.5. The number of nitrogens with zero attached hydrogens (tertiary/aromatic N) is 1. The van der Waals surface area contributed by atoms with Crippen LogP contribution < -0.4 is 0 Å². The number of ether oxygens (including phenoxy) is 1. The molecule has 4 nitrogen and oxygen atoms in total. The lowest BCUT2D eigenvalue weighted by Crippen LogP contribution is -2.33. The third kappa shape index (κ3) is 6.74. The van der Waals surface area contributed by atoms with Crippen LogP contribution in [0.25, 0.3) is 0 Å². The highest BCUT2D eigenvalue weighted by Gasteiger charge is 2.14. The van der Waals surface area contributed by atoms with Gasteiger partial charge in [0.05, 0.1) is 13.5 Å². The van der Waals surface area contributed by atoms with Crippen molar-refractivity contribution in [2.24, 2.45) is 0 Å². The first-order chi connectivity index (χ1) is 10.6. The molecule has 0 aliphatic heterocycles. The lowest BCUT2D eigenvalue weighted by atomic mass is 10.1.